The van der Waals surface area contributed by atoms with Gasteiger partial charge >= 0.3 is 47.8 Å². The van der Waals surface area contributed by atoms with E-state index >= 15 is 0 Å². The third-order valence-corrected chi connectivity index (χ3v) is 6.03. The molecule has 0 atom stereocenters. The number of hydrogen-bond acceptors (Lipinski definition) is 16. The van der Waals surface area contributed by atoms with E-state index in [-0.39, 0.29) is 34.1 Å². The lowest BCUT2D eigenvalue weighted by Gasteiger charge is -2.10. The van der Waals surface area contributed by atoms with Gasteiger partial charge in [-0.2, -0.15) is 0 Å². The summed E-state index contributed by atoms with van der Waals surface area (Å²) in [5.74, 6) is -6.41. The predicted molar refractivity (Wildman–Crippen MR) is 178 cm³/mol. The predicted octanol–water partition coefficient (Wildman–Crippen LogP) is 3.82. The summed E-state index contributed by atoms with van der Waals surface area (Å²) in [6.07, 6.45) is 4.89. The maximum absolute atomic E-state index is 12.7. The van der Waals surface area contributed by atoms with Crippen molar-refractivity contribution in [1.82, 2.24) is 0 Å². The SMILES string of the molecule is C=CC(=O)OCOC(=O)C=CC(=O)Oc1ccc(C(=O)Oc2ccc(OC(=O)c3ccc(OC(=O)C=CC(=O)OCOC(=O)C=C)cc3)c(C)c2)cc1. The smallest absolute Gasteiger partial charge is 0.343 e. The number of rotatable bonds is 16. The molecular weight excluding hydrogens is 700 g/mol. The van der Waals surface area contributed by atoms with Gasteiger partial charge in [-0.3, -0.25) is 0 Å². The van der Waals surface area contributed by atoms with Crippen molar-refractivity contribution in [1.29, 1.82) is 0 Å². The molecule has 3 aromatic carbocycles. The lowest BCUT2D eigenvalue weighted by Crippen LogP contribution is -2.11. The monoisotopic (exact) mass is 728 g/mol. The van der Waals surface area contributed by atoms with Crippen LogP contribution in [0.1, 0.15) is 26.3 Å². The van der Waals surface area contributed by atoms with E-state index in [1.807, 2.05) is 0 Å². The minimum absolute atomic E-state index is 0.0569. The molecule has 0 bridgehead atoms. The van der Waals surface area contributed by atoms with E-state index in [0.29, 0.717) is 5.56 Å². The van der Waals surface area contributed by atoms with Gasteiger partial charge in [0, 0.05) is 36.5 Å². The van der Waals surface area contributed by atoms with Crippen LogP contribution in [-0.2, 0) is 47.7 Å². The van der Waals surface area contributed by atoms with Crippen molar-refractivity contribution >= 4 is 47.8 Å². The second kappa shape index (κ2) is 20.1. The molecule has 0 aliphatic rings. The molecule has 0 aliphatic carbocycles. The molecule has 0 aromatic heterocycles. The summed E-state index contributed by atoms with van der Waals surface area (Å²) in [6.45, 7) is 6.65. The van der Waals surface area contributed by atoms with E-state index in [0.717, 1.165) is 36.5 Å². The average Bonchev–Trinajstić information content (AvgIpc) is 3.14. The highest BCUT2D eigenvalue weighted by Crippen LogP contribution is 2.26. The van der Waals surface area contributed by atoms with E-state index in [9.17, 15) is 38.4 Å². The highest BCUT2D eigenvalue weighted by molar-refractivity contribution is 5.95. The van der Waals surface area contributed by atoms with Gasteiger partial charge < -0.3 is 37.9 Å². The van der Waals surface area contributed by atoms with E-state index in [1.165, 1.54) is 66.7 Å². The highest BCUT2D eigenvalue weighted by Gasteiger charge is 2.15. The van der Waals surface area contributed by atoms with Crippen LogP contribution >= 0.6 is 0 Å². The van der Waals surface area contributed by atoms with E-state index in [1.54, 1.807) is 6.92 Å². The molecule has 0 radical (unpaired) electrons. The summed E-state index contributed by atoms with van der Waals surface area (Å²) in [6, 6.07) is 15.0. The molecular formula is C37H28O16. The van der Waals surface area contributed by atoms with E-state index in [4.69, 9.17) is 18.9 Å². The normalized spacial score (nSPS) is 10.4. The third-order valence-electron chi connectivity index (χ3n) is 6.03. The zero-order valence-corrected chi connectivity index (χ0v) is 27.7. The Morgan fingerprint density at radius 1 is 0.472 bits per heavy atom. The molecule has 16 heteroatoms. The Labute approximate surface area is 300 Å². The van der Waals surface area contributed by atoms with Gasteiger partial charge in [0.15, 0.2) is 0 Å². The summed E-state index contributed by atoms with van der Waals surface area (Å²) in [7, 11) is 0. The van der Waals surface area contributed by atoms with Gasteiger partial charge in [0.1, 0.15) is 23.0 Å². The number of aryl methyl sites for hydroxylation is 1. The molecule has 0 saturated carbocycles. The van der Waals surface area contributed by atoms with Crippen LogP contribution in [-0.4, -0.2) is 61.3 Å². The molecule has 0 spiro atoms. The molecule has 0 aliphatic heterocycles. The van der Waals surface area contributed by atoms with Gasteiger partial charge in [0.05, 0.1) is 11.1 Å². The van der Waals surface area contributed by atoms with Crippen LogP contribution in [0.15, 0.2) is 116 Å². The third kappa shape index (κ3) is 14.0. The highest BCUT2D eigenvalue weighted by atomic mass is 16.7. The zero-order valence-electron chi connectivity index (χ0n) is 27.7. The first kappa shape index (κ1) is 39.8. The lowest BCUT2D eigenvalue weighted by atomic mass is 10.2. The first-order valence-electron chi connectivity index (χ1n) is 14.8. The Kier molecular flexibility index (Phi) is 15.1. The van der Waals surface area contributed by atoms with Crippen molar-refractivity contribution < 1.29 is 76.3 Å². The van der Waals surface area contributed by atoms with Gasteiger partial charge in [-0.15, -0.1) is 0 Å². The van der Waals surface area contributed by atoms with Crippen LogP contribution in [0.4, 0.5) is 0 Å². The zero-order chi connectivity index (χ0) is 38.8. The summed E-state index contributed by atoms with van der Waals surface area (Å²) in [5.41, 5.74) is 0.683. The summed E-state index contributed by atoms with van der Waals surface area (Å²) < 4.78 is 39.0. The number of benzene rings is 3. The molecule has 0 N–H and O–H groups in total. The summed E-state index contributed by atoms with van der Waals surface area (Å²) >= 11 is 0. The van der Waals surface area contributed by atoms with Gasteiger partial charge in [0.2, 0.25) is 13.6 Å². The van der Waals surface area contributed by atoms with Crippen molar-refractivity contribution in [2.75, 3.05) is 13.6 Å². The van der Waals surface area contributed by atoms with Gasteiger partial charge in [-0.1, -0.05) is 13.2 Å². The fraction of sp³-hybridized carbons (Fsp3) is 0.0811. The fourth-order valence-corrected chi connectivity index (χ4v) is 3.52. The van der Waals surface area contributed by atoms with Crippen LogP contribution in [0.25, 0.3) is 0 Å². The molecule has 0 unspecified atom stereocenters. The molecule has 0 amide bonds. The molecule has 53 heavy (non-hydrogen) atoms. The van der Waals surface area contributed by atoms with Gasteiger partial charge in [-0.25, -0.2) is 38.4 Å². The molecule has 0 heterocycles. The Morgan fingerprint density at radius 3 is 1.26 bits per heavy atom. The maximum atomic E-state index is 12.7. The second-order valence-electron chi connectivity index (χ2n) is 9.76. The topological polar surface area (TPSA) is 210 Å². The quantitative estimate of drug-likeness (QED) is 0.0888. The first-order chi connectivity index (χ1) is 25.4. The van der Waals surface area contributed by atoms with Crippen molar-refractivity contribution in [3.05, 3.63) is 133 Å². The molecule has 0 saturated heterocycles. The Balaban J connectivity index is 1.47. The molecule has 0 fully saturated rings. The van der Waals surface area contributed by atoms with Crippen molar-refractivity contribution in [2.45, 2.75) is 6.92 Å². The van der Waals surface area contributed by atoms with Crippen LogP contribution < -0.4 is 18.9 Å². The minimum Gasteiger partial charge on any atom is -0.425 e. The van der Waals surface area contributed by atoms with Gasteiger partial charge in [0.25, 0.3) is 0 Å². The standard InChI is InChI=1S/C37H28O16/c1-4-30(38)46-21-48-32(40)16-18-34(42)50-26-10-6-24(7-11-26)36(44)52-28-14-15-29(23(3)20-28)53-37(45)25-8-12-27(13-9-25)51-35(43)19-17-33(41)49-22-47-31(39)5-2/h4-20H,1-2,21-22H2,3H3. The number of carbonyl (C=O) groups excluding carboxylic acids is 8. The fourth-order valence-electron chi connectivity index (χ4n) is 3.52. The van der Waals surface area contributed by atoms with Crippen molar-refractivity contribution in [2.24, 2.45) is 0 Å². The van der Waals surface area contributed by atoms with Crippen LogP contribution in [0, 0.1) is 6.92 Å². The maximum Gasteiger partial charge on any atom is 0.343 e. The number of carbonyl (C=O) groups is 8. The molecule has 3 rings (SSSR count). The van der Waals surface area contributed by atoms with Crippen molar-refractivity contribution in [3.63, 3.8) is 0 Å². The average molecular weight is 729 g/mol. The largest absolute Gasteiger partial charge is 0.425 e. The summed E-state index contributed by atoms with van der Waals surface area (Å²) in [4.78, 5) is 94.2. The number of esters is 8. The summed E-state index contributed by atoms with van der Waals surface area (Å²) in [5, 5.41) is 0. The van der Waals surface area contributed by atoms with Crippen LogP contribution in [0.5, 0.6) is 23.0 Å². The first-order valence-corrected chi connectivity index (χ1v) is 14.8. The van der Waals surface area contributed by atoms with Crippen LogP contribution in [0.2, 0.25) is 0 Å². The molecule has 16 nitrogen and oxygen atoms in total. The molecule has 272 valence electrons. The van der Waals surface area contributed by atoms with E-state index in [2.05, 4.69) is 32.1 Å². The molecule has 3 aromatic rings. The second-order valence-corrected chi connectivity index (χ2v) is 9.76. The minimum atomic E-state index is -0.963. The number of ether oxygens (including phenoxy) is 8. The number of hydrogen-bond donors (Lipinski definition) is 0. The van der Waals surface area contributed by atoms with Gasteiger partial charge in [-0.05, 0) is 79.2 Å². The Morgan fingerprint density at radius 2 is 0.849 bits per heavy atom. The Bertz CT molecular complexity index is 1950. The Hall–Kier alpha value is -7.62. The van der Waals surface area contributed by atoms with Crippen molar-refractivity contribution in [3.8, 4) is 23.0 Å². The van der Waals surface area contributed by atoms with Crippen LogP contribution in [0.3, 0.4) is 0 Å². The van der Waals surface area contributed by atoms with E-state index < -0.39 is 61.3 Å². The lowest BCUT2D eigenvalue weighted by molar-refractivity contribution is -0.162.